The molecule has 0 aliphatic heterocycles. The maximum Gasteiger partial charge on any atom is 0.274 e. The van der Waals surface area contributed by atoms with E-state index < -0.39 is 0 Å². The van der Waals surface area contributed by atoms with Crippen LogP contribution in [0.15, 0.2) is 46.8 Å². The van der Waals surface area contributed by atoms with E-state index in [0.29, 0.717) is 6.61 Å². The second kappa shape index (κ2) is 7.18. The fourth-order valence-corrected chi connectivity index (χ4v) is 6.43. The second-order valence-electron chi connectivity index (χ2n) is 6.70. The van der Waals surface area contributed by atoms with Crippen molar-refractivity contribution in [1.82, 2.24) is 9.97 Å². The van der Waals surface area contributed by atoms with Crippen LogP contribution in [0.5, 0.6) is 5.19 Å². The van der Waals surface area contributed by atoms with Crippen molar-refractivity contribution in [3.63, 3.8) is 0 Å². The van der Waals surface area contributed by atoms with E-state index in [1.165, 1.54) is 15.0 Å². The topological polar surface area (TPSA) is 35.0 Å². The van der Waals surface area contributed by atoms with Crippen molar-refractivity contribution in [2.24, 2.45) is 0 Å². The lowest BCUT2D eigenvalue weighted by molar-refractivity contribution is 0.339. The molecule has 4 aromatic rings. The van der Waals surface area contributed by atoms with Gasteiger partial charge in [0, 0.05) is 4.75 Å². The van der Waals surface area contributed by atoms with Crippen molar-refractivity contribution in [3.05, 3.63) is 48.0 Å². The van der Waals surface area contributed by atoms with E-state index in [1.54, 1.807) is 22.7 Å². The number of hydrogen-bond donors (Lipinski definition) is 0. The van der Waals surface area contributed by atoms with Gasteiger partial charge in [0.05, 0.1) is 27.0 Å². The fraction of sp³-hybridized carbons (Fsp3) is 0.300. The first-order chi connectivity index (χ1) is 12.5. The fourth-order valence-electron chi connectivity index (χ4n) is 2.91. The molecule has 0 amide bonds. The van der Waals surface area contributed by atoms with Gasteiger partial charge in [-0.05, 0) is 57.0 Å². The van der Waals surface area contributed by atoms with Crippen LogP contribution in [0.2, 0.25) is 0 Å². The van der Waals surface area contributed by atoms with E-state index in [-0.39, 0.29) is 4.75 Å². The summed E-state index contributed by atoms with van der Waals surface area (Å²) in [6, 6.07) is 14.9. The number of hydrogen-bond acceptors (Lipinski definition) is 6. The van der Waals surface area contributed by atoms with Crippen LogP contribution in [-0.2, 0) is 6.42 Å². The lowest BCUT2D eigenvalue weighted by Gasteiger charge is -2.22. The molecule has 26 heavy (non-hydrogen) atoms. The lowest BCUT2D eigenvalue weighted by Crippen LogP contribution is -2.18. The molecule has 3 nitrogen and oxygen atoms in total. The molecular formula is C20H20N2OS3. The van der Waals surface area contributed by atoms with Gasteiger partial charge in [-0.3, -0.25) is 0 Å². The zero-order valence-electron chi connectivity index (χ0n) is 15.0. The third-order valence-corrected chi connectivity index (χ3v) is 7.21. The number of thioether (sulfide) groups is 1. The lowest BCUT2D eigenvalue weighted by atomic mass is 10.0. The zero-order chi connectivity index (χ0) is 18.1. The molecule has 0 atom stereocenters. The third kappa shape index (κ3) is 3.87. The summed E-state index contributed by atoms with van der Waals surface area (Å²) in [6.07, 6.45) is 0.963. The van der Waals surface area contributed by atoms with Gasteiger partial charge in [0.1, 0.15) is 0 Å². The van der Waals surface area contributed by atoms with Crippen molar-refractivity contribution in [3.8, 4) is 5.19 Å². The van der Waals surface area contributed by atoms with Gasteiger partial charge in [-0.15, -0.1) is 11.3 Å². The van der Waals surface area contributed by atoms with Gasteiger partial charge in [-0.25, -0.2) is 9.97 Å². The summed E-state index contributed by atoms with van der Waals surface area (Å²) in [4.78, 5) is 9.35. The minimum atomic E-state index is 0.0559. The summed E-state index contributed by atoms with van der Waals surface area (Å²) >= 11 is 5.23. The van der Waals surface area contributed by atoms with Crippen molar-refractivity contribution in [1.29, 1.82) is 0 Å². The number of para-hydroxylation sites is 1. The van der Waals surface area contributed by atoms with Crippen LogP contribution in [0.3, 0.4) is 0 Å². The molecule has 2 aromatic carbocycles. The molecule has 0 saturated heterocycles. The number of nitrogens with zero attached hydrogens (tertiary/aromatic N) is 2. The van der Waals surface area contributed by atoms with Crippen molar-refractivity contribution in [2.45, 2.75) is 36.3 Å². The molecule has 0 aliphatic rings. The highest BCUT2D eigenvalue weighted by Crippen LogP contribution is 2.39. The average Bonchev–Trinajstić information content (AvgIpc) is 3.16. The molecule has 0 radical (unpaired) electrons. The van der Waals surface area contributed by atoms with E-state index in [4.69, 9.17) is 9.72 Å². The minimum absolute atomic E-state index is 0.0559. The first-order valence-corrected chi connectivity index (χ1v) is 11.0. The second-order valence-corrected chi connectivity index (χ2v) is 10.7. The van der Waals surface area contributed by atoms with Gasteiger partial charge in [0.25, 0.3) is 5.19 Å². The summed E-state index contributed by atoms with van der Waals surface area (Å²) in [6.45, 7) is 7.19. The summed E-state index contributed by atoms with van der Waals surface area (Å²) in [5, 5.41) is 0.753. The summed E-state index contributed by atoms with van der Waals surface area (Å²) in [5.74, 6) is 0. The van der Waals surface area contributed by atoms with Gasteiger partial charge >= 0.3 is 0 Å². The van der Waals surface area contributed by atoms with E-state index in [0.717, 1.165) is 27.0 Å². The summed E-state index contributed by atoms with van der Waals surface area (Å²) in [5.41, 5.74) is 3.41. The monoisotopic (exact) mass is 400 g/mol. The van der Waals surface area contributed by atoms with Crippen LogP contribution < -0.4 is 4.74 Å². The van der Waals surface area contributed by atoms with Crippen LogP contribution in [0, 0.1) is 0 Å². The number of ether oxygens (including phenoxy) is 1. The summed E-state index contributed by atoms with van der Waals surface area (Å²) < 4.78 is 9.14. The maximum atomic E-state index is 5.54. The molecule has 0 fully saturated rings. The van der Waals surface area contributed by atoms with E-state index in [9.17, 15) is 0 Å². The largest absolute Gasteiger partial charge is 0.470 e. The van der Waals surface area contributed by atoms with Crippen LogP contribution in [0.4, 0.5) is 0 Å². The Morgan fingerprint density at radius 2 is 1.81 bits per heavy atom. The van der Waals surface area contributed by atoms with Gasteiger partial charge in [0.15, 0.2) is 4.34 Å². The Balaban J connectivity index is 1.53. The number of aromatic nitrogens is 2. The smallest absolute Gasteiger partial charge is 0.274 e. The summed E-state index contributed by atoms with van der Waals surface area (Å²) in [7, 11) is 0. The van der Waals surface area contributed by atoms with Crippen LogP contribution in [0.1, 0.15) is 26.3 Å². The first kappa shape index (κ1) is 17.8. The van der Waals surface area contributed by atoms with Crippen molar-refractivity contribution < 1.29 is 4.74 Å². The molecule has 0 bridgehead atoms. The predicted molar refractivity (Wildman–Crippen MR) is 114 cm³/mol. The van der Waals surface area contributed by atoms with Crippen LogP contribution in [0.25, 0.3) is 20.4 Å². The highest BCUT2D eigenvalue weighted by molar-refractivity contribution is 8.02. The van der Waals surface area contributed by atoms with Crippen molar-refractivity contribution in [2.75, 3.05) is 6.61 Å². The Hall–Kier alpha value is -1.63. The van der Waals surface area contributed by atoms with Gasteiger partial charge < -0.3 is 4.74 Å². The molecule has 134 valence electrons. The molecule has 0 aliphatic carbocycles. The van der Waals surface area contributed by atoms with Gasteiger partial charge in [-0.2, -0.15) is 0 Å². The predicted octanol–water partition coefficient (Wildman–Crippen LogP) is 6.42. The Bertz CT molecular complexity index is 1020. The highest BCUT2D eigenvalue weighted by atomic mass is 32.2. The van der Waals surface area contributed by atoms with E-state index in [1.807, 2.05) is 24.8 Å². The quantitative estimate of drug-likeness (QED) is 0.350. The van der Waals surface area contributed by atoms with Gasteiger partial charge in [-0.1, -0.05) is 41.3 Å². The zero-order valence-corrected chi connectivity index (χ0v) is 17.4. The highest BCUT2D eigenvalue weighted by Gasteiger charge is 2.23. The molecule has 0 N–H and O–H groups in total. The Morgan fingerprint density at radius 3 is 2.62 bits per heavy atom. The molecule has 2 heterocycles. The maximum absolute atomic E-state index is 5.54. The Kier molecular flexibility index (Phi) is 4.90. The molecule has 0 unspecified atom stereocenters. The molecule has 2 aromatic heterocycles. The molecule has 6 heteroatoms. The number of fused-ring (bicyclic) bond motifs is 2. The van der Waals surface area contributed by atoms with Crippen LogP contribution >= 0.6 is 34.4 Å². The molecule has 0 saturated carbocycles. The average molecular weight is 401 g/mol. The first-order valence-electron chi connectivity index (χ1n) is 8.59. The molecule has 0 spiro atoms. The molecule has 4 rings (SSSR count). The SMILES string of the molecule is CCOc1nc2cc(CC(C)(C)Sc3nc4ccccc4s3)ccc2s1. The standard InChI is InChI=1S/C20H20N2OS3/c1-4-23-18-21-15-11-13(9-10-17(15)24-18)12-20(2,3)26-19-22-14-7-5-6-8-16(14)25-19/h5-11H,4,12H2,1-3H3. The van der Waals surface area contributed by atoms with E-state index >= 15 is 0 Å². The Morgan fingerprint density at radius 1 is 1.00 bits per heavy atom. The van der Waals surface area contributed by atoms with Crippen molar-refractivity contribution >= 4 is 54.9 Å². The minimum Gasteiger partial charge on any atom is -0.470 e. The molecular weight excluding hydrogens is 380 g/mol. The normalized spacial score (nSPS) is 12.1. The van der Waals surface area contributed by atoms with Gasteiger partial charge in [0.2, 0.25) is 0 Å². The number of rotatable bonds is 6. The number of thiazole rings is 2. The van der Waals surface area contributed by atoms with Crippen LogP contribution in [-0.4, -0.2) is 21.3 Å². The number of benzene rings is 2. The van der Waals surface area contributed by atoms with E-state index in [2.05, 4.69) is 55.2 Å². The third-order valence-electron chi connectivity index (χ3n) is 3.97. The Labute approximate surface area is 165 Å².